The van der Waals surface area contributed by atoms with Crippen LogP contribution in [0, 0.1) is 29.6 Å². The van der Waals surface area contributed by atoms with Crippen molar-refractivity contribution in [1.82, 2.24) is 0 Å². The van der Waals surface area contributed by atoms with Crippen molar-refractivity contribution in [2.45, 2.75) is 121 Å². The van der Waals surface area contributed by atoms with E-state index in [1.54, 1.807) is 11.1 Å². The van der Waals surface area contributed by atoms with Crippen LogP contribution in [-0.4, -0.2) is 0 Å². The highest BCUT2D eigenvalue weighted by Gasteiger charge is 2.19. The molecule has 0 saturated carbocycles. The van der Waals surface area contributed by atoms with Crippen LogP contribution in [-0.2, 0) is 0 Å². The molecule has 1 rings (SSSR count). The largest absolute Gasteiger partial charge is 0.0732 e. The quantitative estimate of drug-likeness (QED) is 0.322. The summed E-state index contributed by atoms with van der Waals surface area (Å²) in [6.07, 6.45) is 14.2. The van der Waals surface area contributed by atoms with Gasteiger partial charge >= 0.3 is 0 Å². The van der Waals surface area contributed by atoms with Crippen LogP contribution in [0.15, 0.2) is 34.4 Å². The molecule has 170 valence electrons. The summed E-state index contributed by atoms with van der Waals surface area (Å²) < 4.78 is 0. The summed E-state index contributed by atoms with van der Waals surface area (Å²) in [7, 11) is 0. The molecule has 5 unspecified atom stereocenters. The van der Waals surface area contributed by atoms with E-state index in [1.165, 1.54) is 56.1 Å². The Kier molecular flexibility index (Phi) is 14.7. The first-order valence-corrected chi connectivity index (χ1v) is 12.7. The van der Waals surface area contributed by atoms with Gasteiger partial charge in [0.25, 0.3) is 0 Å². The lowest BCUT2D eigenvalue weighted by Crippen LogP contribution is -2.14. The minimum Gasteiger partial charge on any atom is -0.0732 e. The Morgan fingerprint density at radius 1 is 0.724 bits per heavy atom. The van der Waals surface area contributed by atoms with Gasteiger partial charge in [-0.05, 0) is 87.2 Å². The average molecular weight is 403 g/mol. The van der Waals surface area contributed by atoms with Gasteiger partial charge in [-0.2, -0.15) is 0 Å². The van der Waals surface area contributed by atoms with Gasteiger partial charge in [0.1, 0.15) is 0 Å². The summed E-state index contributed by atoms with van der Waals surface area (Å²) in [6, 6.07) is 0. The van der Waals surface area contributed by atoms with Gasteiger partial charge in [0.05, 0.1) is 0 Å². The summed E-state index contributed by atoms with van der Waals surface area (Å²) in [6.45, 7) is 25.3. The Morgan fingerprint density at radius 3 is 1.62 bits per heavy atom. The van der Waals surface area contributed by atoms with Crippen LogP contribution in [0.4, 0.5) is 0 Å². The van der Waals surface area contributed by atoms with Gasteiger partial charge in [0, 0.05) is 0 Å². The monoisotopic (exact) mass is 402 g/mol. The van der Waals surface area contributed by atoms with Gasteiger partial charge in [-0.1, -0.05) is 98.0 Å². The smallest absolute Gasteiger partial charge is 0.0228 e. The van der Waals surface area contributed by atoms with Crippen molar-refractivity contribution in [3.8, 4) is 0 Å². The SMILES string of the molecule is CC.CCC(C)C(C)CCC(C)C(C)CCC(C)C1=CC=C(C(C)=C(C)C)CC1. The molecule has 0 saturated heterocycles. The predicted molar refractivity (Wildman–Crippen MR) is 135 cm³/mol. The highest BCUT2D eigenvalue weighted by Crippen LogP contribution is 2.33. The standard InChI is InChI=1S/C27H48.C2H6/c1-10-20(4)21(5)11-12-22(6)23(7)13-14-24(8)26-15-17-27(18-16-26)25(9)19(2)3;1-2/h15,17,20-24H,10-14,16,18H2,1-9H3;1-2H3. The number of hydrogen-bond acceptors (Lipinski definition) is 0. The fourth-order valence-corrected chi connectivity index (χ4v) is 4.18. The molecule has 0 aromatic heterocycles. The minimum atomic E-state index is 0.739. The van der Waals surface area contributed by atoms with Crippen molar-refractivity contribution in [2.24, 2.45) is 29.6 Å². The first-order chi connectivity index (χ1) is 13.7. The van der Waals surface area contributed by atoms with Crippen molar-refractivity contribution >= 4 is 0 Å². The maximum Gasteiger partial charge on any atom is -0.0228 e. The highest BCUT2D eigenvalue weighted by atomic mass is 14.2. The Labute approximate surface area is 185 Å². The third-order valence-electron chi connectivity index (χ3n) is 7.77. The average Bonchev–Trinajstić information content (AvgIpc) is 2.75. The van der Waals surface area contributed by atoms with Crippen LogP contribution < -0.4 is 0 Å². The van der Waals surface area contributed by atoms with E-state index in [0.717, 1.165) is 29.6 Å². The van der Waals surface area contributed by atoms with Crippen LogP contribution in [0.2, 0.25) is 0 Å². The zero-order valence-electron chi connectivity index (χ0n) is 22.0. The number of allylic oxidation sites excluding steroid dienone is 6. The van der Waals surface area contributed by atoms with Gasteiger partial charge in [-0.3, -0.25) is 0 Å². The van der Waals surface area contributed by atoms with Crippen LogP contribution in [0.5, 0.6) is 0 Å². The normalized spacial score (nSPS) is 19.0. The Hall–Kier alpha value is -0.780. The fraction of sp³-hybridized carbons (Fsp3) is 0.793. The molecule has 0 fully saturated rings. The zero-order chi connectivity index (χ0) is 22.6. The topological polar surface area (TPSA) is 0 Å². The van der Waals surface area contributed by atoms with E-state index in [4.69, 9.17) is 0 Å². The second kappa shape index (κ2) is 15.1. The van der Waals surface area contributed by atoms with E-state index in [2.05, 4.69) is 74.5 Å². The van der Waals surface area contributed by atoms with Gasteiger partial charge in [-0.25, -0.2) is 0 Å². The maximum atomic E-state index is 2.48. The Morgan fingerprint density at radius 2 is 1.21 bits per heavy atom. The third-order valence-corrected chi connectivity index (χ3v) is 7.77. The first kappa shape index (κ1) is 28.2. The molecule has 5 atom stereocenters. The fourth-order valence-electron chi connectivity index (χ4n) is 4.18. The van der Waals surface area contributed by atoms with Gasteiger partial charge in [-0.15, -0.1) is 0 Å². The molecular formula is C29H54. The van der Waals surface area contributed by atoms with Crippen molar-refractivity contribution in [3.05, 3.63) is 34.4 Å². The summed E-state index contributed by atoms with van der Waals surface area (Å²) in [5.41, 5.74) is 6.16. The van der Waals surface area contributed by atoms with Crippen LogP contribution in [0.1, 0.15) is 121 Å². The third kappa shape index (κ3) is 10.2. The van der Waals surface area contributed by atoms with Gasteiger partial charge < -0.3 is 0 Å². The number of rotatable bonds is 11. The van der Waals surface area contributed by atoms with Crippen molar-refractivity contribution in [1.29, 1.82) is 0 Å². The van der Waals surface area contributed by atoms with Crippen LogP contribution in [0.3, 0.4) is 0 Å². The molecule has 0 spiro atoms. The molecular weight excluding hydrogens is 348 g/mol. The summed E-state index contributed by atoms with van der Waals surface area (Å²) in [5.74, 6) is 4.19. The van der Waals surface area contributed by atoms with Crippen LogP contribution in [0.25, 0.3) is 0 Å². The molecule has 0 bridgehead atoms. The van der Waals surface area contributed by atoms with E-state index in [0.29, 0.717) is 0 Å². The van der Waals surface area contributed by atoms with E-state index in [-0.39, 0.29) is 0 Å². The summed E-state index contributed by atoms with van der Waals surface area (Å²) >= 11 is 0. The molecule has 0 N–H and O–H groups in total. The minimum absolute atomic E-state index is 0.739. The van der Waals surface area contributed by atoms with Gasteiger partial charge in [0.2, 0.25) is 0 Å². The first-order valence-electron chi connectivity index (χ1n) is 12.7. The lowest BCUT2D eigenvalue weighted by atomic mass is 9.80. The molecule has 0 heteroatoms. The molecule has 0 nitrogen and oxygen atoms in total. The molecule has 0 amide bonds. The van der Waals surface area contributed by atoms with E-state index in [1.807, 2.05) is 13.8 Å². The van der Waals surface area contributed by atoms with Crippen LogP contribution >= 0.6 is 0 Å². The van der Waals surface area contributed by atoms with E-state index < -0.39 is 0 Å². The Balaban J connectivity index is 0.00000379. The molecule has 1 aliphatic rings. The van der Waals surface area contributed by atoms with E-state index >= 15 is 0 Å². The Bertz CT molecular complexity index is 526. The predicted octanol–water partition coefficient (Wildman–Crippen LogP) is 10.2. The molecule has 1 aliphatic carbocycles. The molecule has 0 heterocycles. The summed E-state index contributed by atoms with van der Waals surface area (Å²) in [5, 5.41) is 0. The summed E-state index contributed by atoms with van der Waals surface area (Å²) in [4.78, 5) is 0. The lowest BCUT2D eigenvalue weighted by Gasteiger charge is -2.26. The highest BCUT2D eigenvalue weighted by molar-refractivity contribution is 5.39. The van der Waals surface area contributed by atoms with Crippen molar-refractivity contribution in [2.75, 3.05) is 0 Å². The second-order valence-electron chi connectivity index (χ2n) is 9.93. The lowest BCUT2D eigenvalue weighted by molar-refractivity contribution is 0.272. The zero-order valence-corrected chi connectivity index (χ0v) is 22.0. The van der Waals surface area contributed by atoms with Crippen molar-refractivity contribution in [3.63, 3.8) is 0 Å². The second-order valence-corrected chi connectivity index (χ2v) is 9.93. The number of hydrogen-bond donors (Lipinski definition) is 0. The molecule has 29 heavy (non-hydrogen) atoms. The maximum absolute atomic E-state index is 2.48. The molecule has 0 radical (unpaired) electrons. The van der Waals surface area contributed by atoms with Gasteiger partial charge in [0.15, 0.2) is 0 Å². The molecule has 0 aromatic rings. The van der Waals surface area contributed by atoms with E-state index in [9.17, 15) is 0 Å². The van der Waals surface area contributed by atoms with Crippen molar-refractivity contribution < 1.29 is 0 Å². The molecule has 0 aliphatic heterocycles. The molecule has 0 aromatic carbocycles.